The molecule has 264 valence electrons. The first kappa shape index (κ1) is 34.9. The molecule has 0 radical (unpaired) electrons. The van der Waals surface area contributed by atoms with Gasteiger partial charge >= 0.3 is 0 Å². The summed E-state index contributed by atoms with van der Waals surface area (Å²) in [6, 6.07) is 17.5. The van der Waals surface area contributed by atoms with Gasteiger partial charge in [0, 0.05) is 104 Å². The van der Waals surface area contributed by atoms with Crippen molar-refractivity contribution < 1.29 is 19.1 Å². The Morgan fingerprint density at radius 2 is 1.59 bits per heavy atom. The maximum Gasteiger partial charge on any atom is 0.254 e. The normalized spacial score (nSPS) is 18.3. The van der Waals surface area contributed by atoms with Gasteiger partial charge in [-0.2, -0.15) is 0 Å². The number of nitrogens with zero attached hydrogens (tertiary/aromatic N) is 3. The number of nitrogens with one attached hydrogen (secondary N) is 4. The highest BCUT2D eigenvalue weighted by Gasteiger charge is 2.28. The molecule has 0 aliphatic carbocycles. The first-order chi connectivity index (χ1) is 24.8. The summed E-state index contributed by atoms with van der Waals surface area (Å²) in [5.41, 5.74) is 6.75. The lowest BCUT2D eigenvalue weighted by Crippen LogP contribution is -2.39. The number of hydrogen-bond acceptors (Lipinski definition) is 8. The van der Waals surface area contributed by atoms with E-state index in [1.807, 2.05) is 59.5 Å². The first-order valence-corrected chi connectivity index (χ1v) is 17.9. The van der Waals surface area contributed by atoms with Crippen LogP contribution in [0.3, 0.4) is 0 Å². The zero-order valence-corrected chi connectivity index (χ0v) is 29.7. The van der Waals surface area contributed by atoms with E-state index in [9.17, 15) is 14.4 Å². The number of amides is 3. The number of hydrogen-bond donors (Lipinski definition) is 4. The van der Waals surface area contributed by atoms with Crippen LogP contribution in [0.2, 0.25) is 10.0 Å². The van der Waals surface area contributed by atoms with Crippen LogP contribution in [0.25, 0.3) is 33.6 Å². The van der Waals surface area contributed by atoms with E-state index in [4.69, 9.17) is 32.9 Å². The molecule has 2 atom stereocenters. The van der Waals surface area contributed by atoms with Gasteiger partial charge in [0.15, 0.2) is 0 Å². The molecule has 3 aliphatic rings. The zero-order valence-electron chi connectivity index (χ0n) is 28.2. The minimum Gasteiger partial charge on any atom is -0.481 e. The fraction of sp³-hybridized carbons (Fsp3) is 0.342. The van der Waals surface area contributed by atoms with Crippen molar-refractivity contribution >= 4 is 40.9 Å². The zero-order chi connectivity index (χ0) is 35.5. The second kappa shape index (κ2) is 15.4. The lowest BCUT2D eigenvalue weighted by molar-refractivity contribution is -0.120. The van der Waals surface area contributed by atoms with E-state index in [2.05, 4.69) is 26.3 Å². The Balaban J connectivity index is 1.05. The van der Waals surface area contributed by atoms with Gasteiger partial charge in [0.05, 0.1) is 28.5 Å². The SMILES string of the molecule is COc1nc(-c2cccc(-c3ccnc(-c4ccc5c(c4)CN(CCNC[C@H]4CCC(=O)N4)C5=O)c3Cl)c2Cl)ccc1CNC[C@@H]1CCC(=O)N1. The summed E-state index contributed by atoms with van der Waals surface area (Å²) in [4.78, 5) is 47.4. The maximum absolute atomic E-state index is 13.2. The second-order valence-corrected chi connectivity index (χ2v) is 13.8. The first-order valence-electron chi connectivity index (χ1n) is 17.2. The average molecular weight is 729 g/mol. The Bertz CT molecular complexity index is 1990. The molecule has 5 heterocycles. The molecule has 0 unspecified atom stereocenters. The van der Waals surface area contributed by atoms with Crippen LogP contribution < -0.4 is 26.0 Å². The second-order valence-electron chi connectivity index (χ2n) is 13.1. The number of pyridine rings is 2. The molecule has 2 aromatic heterocycles. The van der Waals surface area contributed by atoms with Crippen molar-refractivity contribution in [2.75, 3.05) is 33.3 Å². The van der Waals surface area contributed by atoms with Crippen molar-refractivity contribution in [3.63, 3.8) is 0 Å². The van der Waals surface area contributed by atoms with E-state index in [-0.39, 0.29) is 29.8 Å². The summed E-state index contributed by atoms with van der Waals surface area (Å²) >= 11 is 14.2. The molecular weight excluding hydrogens is 689 g/mol. The van der Waals surface area contributed by atoms with Gasteiger partial charge in [0.2, 0.25) is 17.7 Å². The number of methoxy groups -OCH3 is 1. The van der Waals surface area contributed by atoms with Crippen molar-refractivity contribution in [2.24, 2.45) is 0 Å². The van der Waals surface area contributed by atoms with Gasteiger partial charge in [-0.25, -0.2) is 4.98 Å². The minimum absolute atomic E-state index is 0.00229. The lowest BCUT2D eigenvalue weighted by atomic mass is 9.98. The highest BCUT2D eigenvalue weighted by molar-refractivity contribution is 6.39. The number of carbonyl (C=O) groups is 3. The summed E-state index contributed by atoms with van der Waals surface area (Å²) in [7, 11) is 1.59. The smallest absolute Gasteiger partial charge is 0.254 e. The number of fused-ring (bicyclic) bond motifs is 1. The molecule has 4 N–H and O–H groups in total. The summed E-state index contributed by atoms with van der Waals surface area (Å²) < 4.78 is 5.64. The molecule has 2 saturated heterocycles. The average Bonchev–Trinajstić information content (AvgIpc) is 3.84. The van der Waals surface area contributed by atoms with Crippen molar-refractivity contribution in [1.82, 2.24) is 36.1 Å². The lowest BCUT2D eigenvalue weighted by Gasteiger charge is -2.17. The molecule has 3 amide bonds. The monoisotopic (exact) mass is 727 g/mol. The molecule has 2 aromatic carbocycles. The molecule has 11 nitrogen and oxygen atoms in total. The Morgan fingerprint density at radius 3 is 2.31 bits per heavy atom. The van der Waals surface area contributed by atoms with Gasteiger partial charge in [0.25, 0.3) is 5.91 Å². The van der Waals surface area contributed by atoms with E-state index >= 15 is 0 Å². The molecule has 13 heteroatoms. The highest BCUT2D eigenvalue weighted by Crippen LogP contribution is 2.42. The van der Waals surface area contributed by atoms with Gasteiger partial charge in [0.1, 0.15) is 0 Å². The predicted octanol–water partition coefficient (Wildman–Crippen LogP) is 4.99. The van der Waals surface area contributed by atoms with Crippen LogP contribution in [0.1, 0.15) is 47.2 Å². The number of rotatable bonds is 13. The summed E-state index contributed by atoms with van der Waals surface area (Å²) in [6.07, 6.45) is 4.51. The van der Waals surface area contributed by atoms with Gasteiger partial charge in [-0.15, -0.1) is 0 Å². The number of ether oxygens (including phenoxy) is 1. The molecule has 3 aliphatic heterocycles. The van der Waals surface area contributed by atoms with Gasteiger partial charge in [-0.1, -0.05) is 53.5 Å². The van der Waals surface area contributed by atoms with Crippen LogP contribution in [0.15, 0.2) is 60.8 Å². The topological polar surface area (TPSA) is 138 Å². The molecule has 2 fully saturated rings. The Morgan fingerprint density at radius 1 is 0.863 bits per heavy atom. The van der Waals surface area contributed by atoms with E-state index in [1.165, 1.54) is 0 Å². The summed E-state index contributed by atoms with van der Waals surface area (Å²) in [5.74, 6) is 0.677. The maximum atomic E-state index is 13.2. The summed E-state index contributed by atoms with van der Waals surface area (Å²) in [6.45, 7) is 3.61. The molecule has 4 aromatic rings. The standard InChI is InChI=1S/C38H39Cl2N7O4/c1-51-37-23(18-42-20-26-8-12-33(49)45-26)6-10-31(46-37)30-4-2-3-28(34(30)39)29-13-14-43-36(35(29)40)22-5-9-27-24(17-22)21-47(38(27)50)16-15-41-19-25-7-11-32(48)44-25/h2-6,9-10,13-14,17,25-26,41-42H,7-8,11-12,15-16,18-21H2,1H3,(H,44,48)(H,45,49)/t25-,26+/m1/s1. The van der Waals surface area contributed by atoms with Crippen LogP contribution in [0.4, 0.5) is 0 Å². The van der Waals surface area contributed by atoms with Gasteiger partial charge in [-0.05, 0) is 42.7 Å². The van der Waals surface area contributed by atoms with E-state index < -0.39 is 0 Å². The number of benzene rings is 2. The number of carbonyl (C=O) groups excluding carboxylic acids is 3. The number of halogens is 2. The van der Waals surface area contributed by atoms with Crippen LogP contribution in [-0.4, -0.2) is 78.0 Å². The van der Waals surface area contributed by atoms with Crippen LogP contribution in [0, 0.1) is 0 Å². The van der Waals surface area contributed by atoms with E-state index in [0.717, 1.165) is 46.2 Å². The highest BCUT2D eigenvalue weighted by atomic mass is 35.5. The van der Waals surface area contributed by atoms with Gasteiger partial charge < -0.3 is 30.9 Å². The molecule has 0 bridgehead atoms. The quantitative estimate of drug-likeness (QED) is 0.142. The number of aromatic nitrogens is 2. The minimum atomic E-state index is -0.00229. The largest absolute Gasteiger partial charge is 0.481 e. The molecular formula is C38H39Cl2N7O4. The Kier molecular flexibility index (Phi) is 10.5. The third-order valence-electron chi connectivity index (χ3n) is 9.67. The summed E-state index contributed by atoms with van der Waals surface area (Å²) in [5, 5.41) is 13.6. The fourth-order valence-corrected chi connectivity index (χ4v) is 7.61. The van der Waals surface area contributed by atoms with Crippen molar-refractivity contribution in [3.8, 4) is 39.5 Å². The van der Waals surface area contributed by atoms with Crippen molar-refractivity contribution in [1.29, 1.82) is 0 Å². The van der Waals surface area contributed by atoms with E-state index in [0.29, 0.717) is 85.0 Å². The molecule has 7 rings (SSSR count). The fourth-order valence-electron chi connectivity index (χ4n) is 6.96. The van der Waals surface area contributed by atoms with Crippen LogP contribution in [0.5, 0.6) is 5.88 Å². The third kappa shape index (κ3) is 7.57. The van der Waals surface area contributed by atoms with E-state index in [1.54, 1.807) is 13.3 Å². The third-order valence-corrected chi connectivity index (χ3v) is 10.5. The molecule has 0 saturated carbocycles. The Labute approximate surface area is 306 Å². The van der Waals surface area contributed by atoms with Crippen molar-refractivity contribution in [2.45, 2.75) is 50.9 Å². The Hall–Kier alpha value is -4.55. The van der Waals surface area contributed by atoms with Crippen LogP contribution >= 0.6 is 23.2 Å². The van der Waals surface area contributed by atoms with Gasteiger partial charge in [-0.3, -0.25) is 19.4 Å². The predicted molar refractivity (Wildman–Crippen MR) is 197 cm³/mol. The molecule has 0 spiro atoms. The molecule has 51 heavy (non-hydrogen) atoms. The van der Waals surface area contributed by atoms with Crippen molar-refractivity contribution in [3.05, 3.63) is 87.5 Å². The van der Waals surface area contributed by atoms with Crippen LogP contribution in [-0.2, 0) is 22.7 Å².